The second-order valence-corrected chi connectivity index (χ2v) is 11.0. The predicted molar refractivity (Wildman–Crippen MR) is 141 cm³/mol. The quantitative estimate of drug-likeness (QED) is 0.437. The van der Waals surface area contributed by atoms with Crippen LogP contribution in [0.5, 0.6) is 0 Å². The van der Waals surface area contributed by atoms with Gasteiger partial charge in [-0.15, -0.1) is 11.3 Å². The van der Waals surface area contributed by atoms with Crippen LogP contribution < -0.4 is 21.3 Å². The zero-order valence-corrected chi connectivity index (χ0v) is 21.1. The molecule has 3 unspecified atom stereocenters. The van der Waals surface area contributed by atoms with Gasteiger partial charge in [0.15, 0.2) is 10.2 Å². The third kappa shape index (κ3) is 6.06. The largest absolute Gasteiger partial charge is 0.360 e. The molecule has 3 atom stereocenters. The maximum absolute atomic E-state index is 12.7. The highest BCUT2D eigenvalue weighted by Crippen LogP contribution is 2.30. The number of nitrogens with zero attached hydrogens (tertiary/aromatic N) is 2. The fourth-order valence-electron chi connectivity index (χ4n) is 5.45. The molecule has 5 rings (SSSR count). The first-order valence-electron chi connectivity index (χ1n) is 12.5. The maximum Gasteiger partial charge on any atom is 0.226 e. The van der Waals surface area contributed by atoms with Crippen molar-refractivity contribution in [2.24, 2.45) is 5.92 Å². The van der Waals surface area contributed by atoms with E-state index in [2.05, 4.69) is 56.5 Å². The molecule has 1 aliphatic carbocycles. The number of carbonyl (C=O) groups excluding carboxylic acids is 1. The molecular weight excluding hydrogens is 464 g/mol. The average molecular weight is 499 g/mol. The number of carbonyl (C=O) groups is 1. The van der Waals surface area contributed by atoms with Crippen LogP contribution in [-0.4, -0.2) is 52.2 Å². The molecule has 1 saturated carbocycles. The molecule has 0 spiro atoms. The summed E-state index contributed by atoms with van der Waals surface area (Å²) in [4.78, 5) is 19.8. The summed E-state index contributed by atoms with van der Waals surface area (Å²) in [6.07, 6.45) is 7.25. The Morgan fingerprint density at radius 1 is 1.12 bits per heavy atom. The lowest BCUT2D eigenvalue weighted by Crippen LogP contribution is -2.63. The number of benzene rings is 1. The van der Waals surface area contributed by atoms with Crippen molar-refractivity contribution in [2.45, 2.75) is 69.7 Å². The minimum Gasteiger partial charge on any atom is -0.360 e. The molecule has 2 saturated heterocycles. The summed E-state index contributed by atoms with van der Waals surface area (Å²) >= 11 is 6.97. The smallest absolute Gasteiger partial charge is 0.226 e. The van der Waals surface area contributed by atoms with Crippen molar-refractivity contribution >= 4 is 39.7 Å². The zero-order valence-electron chi connectivity index (χ0n) is 19.5. The number of rotatable bonds is 7. The van der Waals surface area contributed by atoms with Crippen LogP contribution >= 0.6 is 23.6 Å². The Morgan fingerprint density at radius 3 is 2.74 bits per heavy atom. The van der Waals surface area contributed by atoms with Crippen molar-refractivity contribution < 1.29 is 4.79 Å². The first-order chi connectivity index (χ1) is 16.6. The highest BCUT2D eigenvalue weighted by molar-refractivity contribution is 7.80. The van der Waals surface area contributed by atoms with Crippen molar-refractivity contribution in [3.63, 3.8) is 0 Å². The molecule has 9 heteroatoms. The number of anilines is 1. The van der Waals surface area contributed by atoms with Crippen LogP contribution in [-0.2, 0) is 17.8 Å². The highest BCUT2D eigenvalue weighted by Gasteiger charge is 2.36. The van der Waals surface area contributed by atoms with Crippen LogP contribution in [0, 0.1) is 5.92 Å². The number of amides is 1. The van der Waals surface area contributed by atoms with Crippen molar-refractivity contribution in [1.29, 1.82) is 0 Å². The summed E-state index contributed by atoms with van der Waals surface area (Å²) in [5, 5.41) is 17.1. The zero-order chi connectivity index (χ0) is 23.3. The predicted octanol–water partition coefficient (Wildman–Crippen LogP) is 3.24. The van der Waals surface area contributed by atoms with Gasteiger partial charge >= 0.3 is 0 Å². The van der Waals surface area contributed by atoms with E-state index in [-0.39, 0.29) is 18.1 Å². The van der Waals surface area contributed by atoms with Crippen LogP contribution in [0.4, 0.5) is 5.13 Å². The number of fused-ring (bicyclic) bond motifs is 1. The number of hydrogen-bond acceptors (Lipinski definition) is 6. The normalized spacial score (nSPS) is 25.6. The number of aromatic nitrogens is 1. The number of thiazole rings is 1. The van der Waals surface area contributed by atoms with E-state index in [9.17, 15) is 4.79 Å². The molecule has 3 heterocycles. The first-order valence-corrected chi connectivity index (χ1v) is 13.7. The van der Waals surface area contributed by atoms with Crippen LogP contribution in [0.2, 0.25) is 0 Å². The Balaban J connectivity index is 1.07. The topological polar surface area (TPSA) is 81.3 Å². The van der Waals surface area contributed by atoms with Crippen molar-refractivity contribution in [2.75, 3.05) is 18.4 Å². The molecule has 34 heavy (non-hydrogen) atoms. The number of thiocarbonyl (C=S) groups is 1. The van der Waals surface area contributed by atoms with Gasteiger partial charge in [0.05, 0.1) is 12.1 Å². The molecule has 182 valence electrons. The molecule has 1 amide bonds. The summed E-state index contributed by atoms with van der Waals surface area (Å²) in [6.45, 7) is 3.00. The fourth-order valence-corrected chi connectivity index (χ4v) is 6.47. The van der Waals surface area contributed by atoms with E-state index in [0.717, 1.165) is 43.3 Å². The average Bonchev–Trinajstić information content (AvgIpc) is 3.27. The van der Waals surface area contributed by atoms with Gasteiger partial charge in [-0.3, -0.25) is 9.69 Å². The molecule has 4 N–H and O–H groups in total. The number of likely N-dealkylation sites (tertiary alicyclic amines) is 1. The van der Waals surface area contributed by atoms with Gasteiger partial charge in [-0.2, -0.15) is 0 Å². The monoisotopic (exact) mass is 498 g/mol. The van der Waals surface area contributed by atoms with Gasteiger partial charge in [0.25, 0.3) is 0 Å². The third-order valence-corrected chi connectivity index (χ3v) is 8.28. The Labute approximate surface area is 211 Å². The van der Waals surface area contributed by atoms with E-state index in [1.165, 1.54) is 31.2 Å². The molecule has 0 bridgehead atoms. The lowest BCUT2D eigenvalue weighted by Gasteiger charge is -2.43. The number of hydrogen-bond donors (Lipinski definition) is 4. The van der Waals surface area contributed by atoms with Gasteiger partial charge in [-0.1, -0.05) is 43.2 Å². The first kappa shape index (κ1) is 23.5. The maximum atomic E-state index is 12.7. The molecule has 2 aliphatic heterocycles. The summed E-state index contributed by atoms with van der Waals surface area (Å²) < 4.78 is 0. The summed E-state index contributed by atoms with van der Waals surface area (Å²) in [6, 6.07) is 11.3. The third-order valence-electron chi connectivity index (χ3n) is 7.22. The summed E-state index contributed by atoms with van der Waals surface area (Å²) in [7, 11) is 0. The molecule has 7 nitrogen and oxygen atoms in total. The minimum absolute atomic E-state index is 0.0619. The van der Waals surface area contributed by atoms with Gasteiger partial charge in [0.1, 0.15) is 6.17 Å². The van der Waals surface area contributed by atoms with Gasteiger partial charge in [0.2, 0.25) is 5.91 Å². The minimum atomic E-state index is 0.0619. The van der Waals surface area contributed by atoms with E-state index in [4.69, 9.17) is 17.2 Å². The van der Waals surface area contributed by atoms with Crippen molar-refractivity contribution in [1.82, 2.24) is 25.8 Å². The van der Waals surface area contributed by atoms with Crippen LogP contribution in [0.15, 0.2) is 35.7 Å². The standard InChI is InChI=1S/C25H34N6OS2/c32-22(26-18-10-12-31(13-11-18)15-17-6-2-1-3-7-17)14-19-16-34-25(27-19)30-23-20-8-4-5-9-21(20)28-24(33)29-23/h1-3,6-7,16,18,20-21,23H,4-5,8-15H2,(H,26,32)(H,27,30)(H2,28,29,33). The van der Waals surface area contributed by atoms with E-state index < -0.39 is 0 Å². The molecule has 1 aromatic carbocycles. The van der Waals surface area contributed by atoms with Crippen LogP contribution in [0.25, 0.3) is 0 Å². The summed E-state index contributed by atoms with van der Waals surface area (Å²) in [5.41, 5.74) is 2.17. The molecule has 2 aromatic rings. The Bertz CT molecular complexity index is 975. The van der Waals surface area contributed by atoms with E-state index in [0.29, 0.717) is 23.5 Å². The Hall–Kier alpha value is -2.23. The number of piperidine rings is 1. The van der Waals surface area contributed by atoms with Crippen LogP contribution in [0.1, 0.15) is 49.8 Å². The summed E-state index contributed by atoms with van der Waals surface area (Å²) in [5.74, 6) is 0.552. The second-order valence-electron chi connectivity index (χ2n) is 9.72. The second kappa shape index (κ2) is 11.0. The fraction of sp³-hybridized carbons (Fsp3) is 0.560. The molecule has 1 aromatic heterocycles. The van der Waals surface area contributed by atoms with E-state index in [1.54, 1.807) is 11.3 Å². The van der Waals surface area contributed by atoms with Crippen molar-refractivity contribution in [3.05, 3.63) is 47.0 Å². The number of nitrogens with one attached hydrogen (secondary N) is 4. The molecule has 3 fully saturated rings. The van der Waals surface area contributed by atoms with Crippen molar-refractivity contribution in [3.8, 4) is 0 Å². The Kier molecular flexibility index (Phi) is 7.61. The van der Waals surface area contributed by atoms with E-state index in [1.807, 2.05) is 5.38 Å². The van der Waals surface area contributed by atoms with Gasteiger partial charge in [-0.25, -0.2) is 4.98 Å². The molecule has 0 radical (unpaired) electrons. The molecular formula is C25H34N6OS2. The SMILES string of the molecule is O=C(Cc1csc(NC2NC(=S)NC3CCCCC32)n1)NC1CCN(Cc2ccccc2)CC1. The lowest BCUT2D eigenvalue weighted by atomic mass is 9.81. The van der Waals surface area contributed by atoms with Gasteiger partial charge in [-0.05, 0) is 43.5 Å². The Morgan fingerprint density at radius 2 is 1.91 bits per heavy atom. The lowest BCUT2D eigenvalue weighted by molar-refractivity contribution is -0.121. The highest BCUT2D eigenvalue weighted by atomic mass is 32.1. The van der Waals surface area contributed by atoms with Gasteiger partial charge in [0, 0.05) is 43.0 Å². The van der Waals surface area contributed by atoms with E-state index >= 15 is 0 Å². The van der Waals surface area contributed by atoms with Gasteiger partial charge < -0.3 is 21.3 Å². The molecule has 3 aliphatic rings. The van der Waals surface area contributed by atoms with Crippen LogP contribution in [0.3, 0.4) is 0 Å².